The highest BCUT2D eigenvalue weighted by Crippen LogP contribution is 2.32. The average molecular weight is 645 g/mol. The van der Waals surface area contributed by atoms with Gasteiger partial charge in [0.1, 0.15) is 12.3 Å². The molecule has 234 valence electrons. The number of hydrogen-bond acceptors (Lipinski definition) is 6. The van der Waals surface area contributed by atoms with Gasteiger partial charge in [0, 0.05) is 50.2 Å². The van der Waals surface area contributed by atoms with Crippen LogP contribution in [0.3, 0.4) is 0 Å². The van der Waals surface area contributed by atoms with Crippen LogP contribution in [0.5, 0.6) is 5.75 Å². The molecule has 1 atom stereocenters. The molecule has 3 aromatic rings. The first-order chi connectivity index (χ1) is 21.1. The maximum absolute atomic E-state index is 13.5. The van der Waals surface area contributed by atoms with Crippen molar-refractivity contribution in [2.24, 2.45) is 0 Å². The number of piperidine rings is 1. The van der Waals surface area contributed by atoms with Crippen LogP contribution in [0.15, 0.2) is 52.2 Å². The quantitative estimate of drug-likeness (QED) is 0.392. The first kappa shape index (κ1) is 31.6. The molecule has 0 radical (unpaired) electrons. The van der Waals surface area contributed by atoms with Crippen LogP contribution in [-0.2, 0) is 22.5 Å². The van der Waals surface area contributed by atoms with Crippen molar-refractivity contribution in [2.75, 3.05) is 45.8 Å². The molecule has 11 nitrogen and oxygen atoms in total. The van der Waals surface area contributed by atoms with Crippen LogP contribution >= 0.6 is 23.2 Å². The summed E-state index contributed by atoms with van der Waals surface area (Å²) in [5.41, 5.74) is 1.12. The van der Waals surface area contributed by atoms with E-state index >= 15 is 0 Å². The predicted molar refractivity (Wildman–Crippen MR) is 169 cm³/mol. The molecule has 1 saturated heterocycles. The Morgan fingerprint density at radius 3 is 2.50 bits per heavy atom. The maximum Gasteiger partial charge on any atom is 0.331 e. The average Bonchev–Trinajstić information content (AvgIpc) is 3.17. The van der Waals surface area contributed by atoms with Crippen molar-refractivity contribution in [1.29, 1.82) is 0 Å². The van der Waals surface area contributed by atoms with E-state index in [1.54, 1.807) is 37.1 Å². The van der Waals surface area contributed by atoms with E-state index in [-0.39, 0.29) is 46.7 Å². The van der Waals surface area contributed by atoms with Gasteiger partial charge in [-0.15, -0.1) is 0 Å². The van der Waals surface area contributed by atoms with Crippen molar-refractivity contribution < 1.29 is 19.1 Å². The monoisotopic (exact) mass is 643 g/mol. The topological polar surface area (TPSA) is 115 Å². The van der Waals surface area contributed by atoms with Crippen molar-refractivity contribution >= 4 is 40.8 Å². The standard InChI is InChI=1S/C31H35Cl2N5O6/c1-19(18-43-2)38-29(40)24(23-5-4-6-25(32)28(23)33)16-36(31(38)42)17-27(39)35-12-10-21(11-13-35)37-14-9-20-15-22(44-3)7-8-26(20)34-30(37)41/h4-8,15-16,19,21H,9-14,17-18H2,1-3H3,(H,34,41). The lowest BCUT2D eigenvalue weighted by Gasteiger charge is -2.38. The first-order valence-corrected chi connectivity index (χ1v) is 15.2. The van der Waals surface area contributed by atoms with E-state index in [2.05, 4.69) is 5.32 Å². The van der Waals surface area contributed by atoms with E-state index in [9.17, 15) is 19.2 Å². The number of amides is 3. The van der Waals surface area contributed by atoms with E-state index < -0.39 is 17.3 Å². The van der Waals surface area contributed by atoms with E-state index in [1.165, 1.54) is 17.9 Å². The van der Waals surface area contributed by atoms with Gasteiger partial charge in [0.05, 0.1) is 35.4 Å². The smallest absolute Gasteiger partial charge is 0.331 e. The second kappa shape index (κ2) is 13.5. The zero-order valence-corrected chi connectivity index (χ0v) is 26.4. The Morgan fingerprint density at radius 1 is 1.05 bits per heavy atom. The largest absolute Gasteiger partial charge is 0.497 e. The fraction of sp³-hybridized carbons (Fsp3) is 0.419. The molecular formula is C31H35Cl2N5O6. The molecule has 3 amide bonds. The lowest BCUT2D eigenvalue weighted by atomic mass is 10.0. The number of fused-ring (bicyclic) bond motifs is 1. The minimum Gasteiger partial charge on any atom is -0.497 e. The number of aromatic nitrogens is 2. The number of carbonyl (C=O) groups is 2. The SMILES string of the molecule is COCC(C)n1c(=O)c(-c2cccc(Cl)c2Cl)cn(CC(=O)N2CCC(N3CCc4cc(OC)ccc4NC3=O)CC2)c1=O. The Morgan fingerprint density at radius 2 is 1.80 bits per heavy atom. The number of hydrogen-bond donors (Lipinski definition) is 1. The van der Waals surface area contributed by atoms with Crippen LogP contribution in [0.25, 0.3) is 11.1 Å². The van der Waals surface area contributed by atoms with Crippen molar-refractivity contribution in [1.82, 2.24) is 18.9 Å². The number of benzene rings is 2. The summed E-state index contributed by atoms with van der Waals surface area (Å²) in [5.74, 6) is 0.474. The van der Waals surface area contributed by atoms with Gasteiger partial charge in [0.15, 0.2) is 0 Å². The Kier molecular flexibility index (Phi) is 9.67. The van der Waals surface area contributed by atoms with Crippen molar-refractivity contribution in [3.05, 3.63) is 79.0 Å². The third-order valence-electron chi connectivity index (χ3n) is 8.28. The molecule has 2 aliphatic heterocycles. The molecule has 1 fully saturated rings. The van der Waals surface area contributed by atoms with E-state index in [0.717, 1.165) is 21.6 Å². The number of methoxy groups -OCH3 is 2. The summed E-state index contributed by atoms with van der Waals surface area (Å²) in [4.78, 5) is 57.1. The van der Waals surface area contributed by atoms with Crippen LogP contribution in [0.2, 0.25) is 10.0 Å². The molecule has 0 saturated carbocycles. The van der Waals surface area contributed by atoms with Crippen molar-refractivity contribution in [3.8, 4) is 16.9 Å². The molecule has 5 rings (SSSR count). The second-order valence-corrected chi connectivity index (χ2v) is 11.8. The Bertz CT molecular complexity index is 1680. The fourth-order valence-electron chi connectivity index (χ4n) is 5.91. The number of anilines is 1. The highest BCUT2D eigenvalue weighted by molar-refractivity contribution is 6.43. The third kappa shape index (κ3) is 6.36. The van der Waals surface area contributed by atoms with Crippen LogP contribution in [0.4, 0.5) is 10.5 Å². The van der Waals surface area contributed by atoms with Crippen molar-refractivity contribution in [2.45, 2.75) is 44.8 Å². The van der Waals surface area contributed by atoms with Crippen LogP contribution in [0, 0.1) is 0 Å². The third-order valence-corrected chi connectivity index (χ3v) is 9.10. The molecule has 1 N–H and O–H groups in total. The van der Waals surface area contributed by atoms with Gasteiger partial charge in [0.25, 0.3) is 5.56 Å². The van der Waals surface area contributed by atoms with Gasteiger partial charge in [-0.1, -0.05) is 35.3 Å². The molecule has 0 spiro atoms. The summed E-state index contributed by atoms with van der Waals surface area (Å²) >= 11 is 12.7. The molecule has 1 unspecified atom stereocenters. The van der Waals surface area contributed by atoms with Gasteiger partial charge in [-0.2, -0.15) is 0 Å². The zero-order valence-electron chi connectivity index (χ0n) is 24.8. The number of carbonyl (C=O) groups excluding carboxylic acids is 2. The summed E-state index contributed by atoms with van der Waals surface area (Å²) in [5, 5.41) is 3.45. The summed E-state index contributed by atoms with van der Waals surface area (Å²) in [6.07, 6.45) is 3.25. The lowest BCUT2D eigenvalue weighted by Crippen LogP contribution is -2.51. The predicted octanol–water partition coefficient (Wildman–Crippen LogP) is 4.28. The summed E-state index contributed by atoms with van der Waals surface area (Å²) in [6, 6.07) is 9.73. The van der Waals surface area contributed by atoms with Gasteiger partial charge in [-0.3, -0.25) is 18.7 Å². The fourth-order valence-corrected chi connectivity index (χ4v) is 6.31. The number of likely N-dealkylation sites (tertiary alicyclic amines) is 1. The Hall–Kier alpha value is -3.80. The van der Waals surface area contributed by atoms with Crippen LogP contribution in [0.1, 0.15) is 31.4 Å². The molecule has 13 heteroatoms. The number of urea groups is 1. The number of nitrogens with one attached hydrogen (secondary N) is 1. The highest BCUT2D eigenvalue weighted by atomic mass is 35.5. The van der Waals surface area contributed by atoms with Gasteiger partial charge < -0.3 is 24.6 Å². The zero-order chi connectivity index (χ0) is 31.5. The maximum atomic E-state index is 13.5. The minimum atomic E-state index is -0.623. The molecule has 2 aromatic carbocycles. The van der Waals surface area contributed by atoms with E-state index in [0.29, 0.717) is 44.5 Å². The van der Waals surface area contributed by atoms with Crippen molar-refractivity contribution in [3.63, 3.8) is 0 Å². The molecule has 2 aliphatic rings. The van der Waals surface area contributed by atoms with Gasteiger partial charge >= 0.3 is 11.7 Å². The summed E-state index contributed by atoms with van der Waals surface area (Å²) in [6.45, 7) is 2.95. The van der Waals surface area contributed by atoms with Gasteiger partial charge in [-0.05, 0) is 56.0 Å². The molecular weight excluding hydrogens is 609 g/mol. The Labute approximate surface area is 264 Å². The van der Waals surface area contributed by atoms with E-state index in [4.69, 9.17) is 32.7 Å². The summed E-state index contributed by atoms with van der Waals surface area (Å²) < 4.78 is 12.9. The number of halogens is 2. The highest BCUT2D eigenvalue weighted by Gasteiger charge is 2.32. The Balaban J connectivity index is 1.32. The van der Waals surface area contributed by atoms with Gasteiger partial charge in [-0.25, -0.2) is 9.59 Å². The van der Waals surface area contributed by atoms with Crippen LogP contribution in [-0.4, -0.2) is 77.4 Å². The second-order valence-electron chi connectivity index (χ2n) is 11.0. The molecule has 0 aliphatic carbocycles. The van der Waals surface area contributed by atoms with Gasteiger partial charge in [0.2, 0.25) is 5.91 Å². The normalized spacial score (nSPS) is 16.2. The number of ether oxygens (including phenoxy) is 2. The van der Waals surface area contributed by atoms with Crippen LogP contribution < -0.4 is 21.3 Å². The number of rotatable bonds is 8. The van der Waals surface area contributed by atoms with E-state index in [1.807, 2.05) is 23.1 Å². The molecule has 1 aromatic heterocycles. The summed E-state index contributed by atoms with van der Waals surface area (Å²) in [7, 11) is 3.09. The molecule has 44 heavy (non-hydrogen) atoms. The molecule has 3 heterocycles. The number of nitrogens with zero attached hydrogens (tertiary/aromatic N) is 4. The minimum absolute atomic E-state index is 0.0358. The first-order valence-electron chi connectivity index (χ1n) is 14.4. The lowest BCUT2D eigenvalue weighted by molar-refractivity contribution is -0.133. The molecule has 0 bridgehead atoms.